The molecule has 0 saturated carbocycles. The lowest BCUT2D eigenvalue weighted by Gasteiger charge is -2.17. The third-order valence-corrected chi connectivity index (χ3v) is 3.27. The molecule has 0 aromatic heterocycles. The molecule has 1 atom stereocenters. The molecule has 5 N–H and O–H groups in total. The molecule has 0 aliphatic heterocycles. The Morgan fingerprint density at radius 2 is 2.09 bits per heavy atom. The first-order valence-electron chi connectivity index (χ1n) is 6.96. The Labute approximate surface area is 136 Å². The lowest BCUT2D eigenvalue weighted by atomic mass is 10.1. The average molecular weight is 331 g/mol. The normalized spacial score (nSPS) is 11.4. The minimum absolute atomic E-state index is 0. The van der Waals surface area contributed by atoms with Crippen LogP contribution in [-0.4, -0.2) is 23.4 Å². The van der Waals surface area contributed by atoms with E-state index in [2.05, 4.69) is 12.2 Å². The van der Waals surface area contributed by atoms with Gasteiger partial charge in [0.05, 0.1) is 10.5 Å². The smallest absolute Gasteiger partial charge is 0.293 e. The van der Waals surface area contributed by atoms with Crippen LogP contribution in [0.25, 0.3) is 0 Å². The molecule has 0 heterocycles. The number of nitrogens with two attached hydrogens (primary N) is 2. The van der Waals surface area contributed by atoms with E-state index in [0.717, 1.165) is 19.3 Å². The number of nitro groups is 1. The summed E-state index contributed by atoms with van der Waals surface area (Å²) in [4.78, 5) is 22.6. The van der Waals surface area contributed by atoms with Gasteiger partial charge in [-0.05, 0) is 25.0 Å². The predicted octanol–water partition coefficient (Wildman–Crippen LogP) is 2.15. The van der Waals surface area contributed by atoms with E-state index in [-0.39, 0.29) is 35.4 Å². The fourth-order valence-corrected chi connectivity index (χ4v) is 2.08. The summed E-state index contributed by atoms with van der Waals surface area (Å²) in [6.07, 6.45) is 2.72. The topological polar surface area (TPSA) is 124 Å². The van der Waals surface area contributed by atoms with E-state index in [9.17, 15) is 14.9 Å². The fraction of sp³-hybridized carbons (Fsp3) is 0.500. The van der Waals surface area contributed by atoms with E-state index in [1.54, 1.807) is 13.0 Å². The summed E-state index contributed by atoms with van der Waals surface area (Å²) in [6.45, 7) is 4.05. The molecule has 0 spiro atoms. The summed E-state index contributed by atoms with van der Waals surface area (Å²) in [5.41, 5.74) is 11.7. The maximum absolute atomic E-state index is 12.3. The number of nitrogens with zero attached hydrogens (tertiary/aromatic N) is 1. The molecular weight excluding hydrogens is 308 g/mol. The van der Waals surface area contributed by atoms with Crippen LogP contribution in [0.3, 0.4) is 0 Å². The van der Waals surface area contributed by atoms with E-state index in [1.165, 1.54) is 6.07 Å². The van der Waals surface area contributed by atoms with Gasteiger partial charge in [-0.1, -0.05) is 19.8 Å². The van der Waals surface area contributed by atoms with Gasteiger partial charge < -0.3 is 16.8 Å². The molecule has 0 bridgehead atoms. The van der Waals surface area contributed by atoms with Gasteiger partial charge in [0, 0.05) is 18.7 Å². The van der Waals surface area contributed by atoms with Crippen molar-refractivity contribution >= 4 is 29.7 Å². The lowest BCUT2D eigenvalue weighted by Crippen LogP contribution is -2.40. The molecule has 22 heavy (non-hydrogen) atoms. The number of amides is 1. The first-order chi connectivity index (χ1) is 9.90. The number of aryl methyl sites for hydroxylation is 1. The van der Waals surface area contributed by atoms with Crippen LogP contribution in [-0.2, 0) is 0 Å². The van der Waals surface area contributed by atoms with Crippen LogP contribution in [0.1, 0.15) is 42.1 Å². The number of nitrogen functional groups attached to an aromatic ring is 1. The highest BCUT2D eigenvalue weighted by molar-refractivity contribution is 6.01. The van der Waals surface area contributed by atoms with Crippen LogP contribution in [0.2, 0.25) is 0 Å². The number of unbranched alkanes of at least 4 members (excludes halogenated alkanes) is 1. The van der Waals surface area contributed by atoms with E-state index in [4.69, 9.17) is 11.5 Å². The maximum atomic E-state index is 12.3. The molecule has 7 nitrogen and oxygen atoms in total. The number of nitro benzene ring substituents is 1. The van der Waals surface area contributed by atoms with Gasteiger partial charge in [0.25, 0.3) is 11.6 Å². The largest absolute Gasteiger partial charge is 0.393 e. The summed E-state index contributed by atoms with van der Waals surface area (Å²) >= 11 is 0. The summed E-state index contributed by atoms with van der Waals surface area (Å²) in [5, 5.41) is 13.7. The van der Waals surface area contributed by atoms with Crippen LogP contribution in [0.15, 0.2) is 12.1 Å². The van der Waals surface area contributed by atoms with Gasteiger partial charge in [0.15, 0.2) is 0 Å². The molecular formula is C14H23ClN4O3. The van der Waals surface area contributed by atoms with Crippen LogP contribution in [0.5, 0.6) is 0 Å². The third-order valence-electron chi connectivity index (χ3n) is 3.27. The number of carbonyl (C=O) groups is 1. The summed E-state index contributed by atoms with van der Waals surface area (Å²) in [5.74, 6) is -0.425. The zero-order chi connectivity index (χ0) is 16.0. The number of carbonyl (C=O) groups excluding carboxylic acids is 1. The Balaban J connectivity index is 0.00000441. The highest BCUT2D eigenvalue weighted by atomic mass is 35.5. The number of anilines is 1. The second kappa shape index (κ2) is 9.22. The van der Waals surface area contributed by atoms with Crippen molar-refractivity contribution in [3.8, 4) is 0 Å². The Bertz CT molecular complexity index is 537. The van der Waals surface area contributed by atoms with Crippen LogP contribution >= 0.6 is 12.4 Å². The Morgan fingerprint density at radius 1 is 1.45 bits per heavy atom. The van der Waals surface area contributed by atoms with Crippen molar-refractivity contribution in [3.63, 3.8) is 0 Å². The first-order valence-corrected chi connectivity index (χ1v) is 6.96. The van der Waals surface area contributed by atoms with Gasteiger partial charge in [0.1, 0.15) is 5.69 Å². The lowest BCUT2D eigenvalue weighted by molar-refractivity contribution is -0.384. The van der Waals surface area contributed by atoms with Crippen LogP contribution < -0.4 is 16.8 Å². The van der Waals surface area contributed by atoms with E-state index < -0.39 is 10.8 Å². The van der Waals surface area contributed by atoms with Crippen molar-refractivity contribution in [1.29, 1.82) is 0 Å². The van der Waals surface area contributed by atoms with Crippen molar-refractivity contribution in [2.24, 2.45) is 5.73 Å². The SMILES string of the molecule is CCCCC(CN)NC(=O)c1cc(C)cc([N+](=O)[O-])c1N.Cl. The number of benzene rings is 1. The molecule has 0 fully saturated rings. The molecule has 1 unspecified atom stereocenters. The predicted molar refractivity (Wildman–Crippen MR) is 89.3 cm³/mol. The van der Waals surface area contributed by atoms with Gasteiger partial charge in [-0.3, -0.25) is 14.9 Å². The second-order valence-electron chi connectivity index (χ2n) is 5.05. The van der Waals surface area contributed by atoms with Crippen LogP contribution in [0, 0.1) is 17.0 Å². The number of halogens is 1. The van der Waals surface area contributed by atoms with Gasteiger partial charge in [-0.15, -0.1) is 12.4 Å². The summed E-state index contributed by atoms with van der Waals surface area (Å²) in [6, 6.07) is 2.74. The molecule has 1 aromatic carbocycles. The molecule has 0 radical (unpaired) electrons. The highest BCUT2D eigenvalue weighted by Gasteiger charge is 2.21. The van der Waals surface area contributed by atoms with E-state index in [1.807, 2.05) is 0 Å². The Morgan fingerprint density at radius 3 is 2.59 bits per heavy atom. The van der Waals surface area contributed by atoms with Crippen LogP contribution in [0.4, 0.5) is 11.4 Å². The van der Waals surface area contributed by atoms with Crippen molar-refractivity contribution in [3.05, 3.63) is 33.4 Å². The van der Waals surface area contributed by atoms with E-state index >= 15 is 0 Å². The highest BCUT2D eigenvalue weighted by Crippen LogP contribution is 2.27. The monoisotopic (exact) mass is 330 g/mol. The second-order valence-corrected chi connectivity index (χ2v) is 5.05. The molecule has 124 valence electrons. The maximum Gasteiger partial charge on any atom is 0.293 e. The van der Waals surface area contributed by atoms with Crippen molar-refractivity contribution < 1.29 is 9.72 Å². The zero-order valence-electron chi connectivity index (χ0n) is 12.8. The molecule has 8 heteroatoms. The van der Waals surface area contributed by atoms with Gasteiger partial charge in [0.2, 0.25) is 0 Å². The standard InChI is InChI=1S/C14H22N4O3.ClH/c1-3-4-5-10(8-15)17-14(19)11-6-9(2)7-12(13(11)16)18(20)21;/h6-7,10H,3-5,8,15-16H2,1-2H3,(H,17,19);1H. The summed E-state index contributed by atoms with van der Waals surface area (Å²) in [7, 11) is 0. The summed E-state index contributed by atoms with van der Waals surface area (Å²) < 4.78 is 0. The molecule has 1 aromatic rings. The minimum atomic E-state index is -0.587. The third kappa shape index (κ3) is 5.16. The Hall–Kier alpha value is -1.86. The number of hydrogen-bond donors (Lipinski definition) is 3. The molecule has 0 saturated heterocycles. The minimum Gasteiger partial charge on any atom is -0.393 e. The number of nitrogens with one attached hydrogen (secondary N) is 1. The fourth-order valence-electron chi connectivity index (χ4n) is 2.08. The number of hydrogen-bond acceptors (Lipinski definition) is 5. The molecule has 0 aliphatic carbocycles. The van der Waals surface area contributed by atoms with Gasteiger partial charge in [-0.25, -0.2) is 0 Å². The zero-order valence-corrected chi connectivity index (χ0v) is 13.6. The first kappa shape index (κ1) is 20.1. The van der Waals surface area contributed by atoms with Gasteiger partial charge in [-0.2, -0.15) is 0 Å². The molecule has 1 amide bonds. The van der Waals surface area contributed by atoms with Gasteiger partial charge >= 0.3 is 0 Å². The average Bonchev–Trinajstić information content (AvgIpc) is 2.44. The molecule has 1 rings (SSSR count). The molecule has 0 aliphatic rings. The van der Waals surface area contributed by atoms with Crippen molar-refractivity contribution in [2.75, 3.05) is 12.3 Å². The Kier molecular flexibility index (Phi) is 8.44. The quantitative estimate of drug-likeness (QED) is 0.401. The van der Waals surface area contributed by atoms with Crippen molar-refractivity contribution in [1.82, 2.24) is 5.32 Å². The van der Waals surface area contributed by atoms with Crippen molar-refractivity contribution in [2.45, 2.75) is 39.2 Å². The number of rotatable bonds is 7. The van der Waals surface area contributed by atoms with E-state index in [0.29, 0.717) is 12.1 Å².